The molecule has 1 amide bonds. The normalized spacial score (nSPS) is 15.0. The van der Waals surface area contributed by atoms with Crippen LogP contribution in [0.5, 0.6) is 0 Å². The number of hydrogen-bond acceptors (Lipinski definition) is 9. The van der Waals surface area contributed by atoms with Crippen LogP contribution in [0.15, 0.2) is 91.1 Å². The Labute approximate surface area is 284 Å². The standard InChI is InChI=1S/C36H41N5O4S2/c1-23-8-6-10-27(37-23)28(14-15-40(5)35(43)45-36(2,3)4)38-24-12-13-30-32(20-24)46-31-11-7-9-26(34(31)47-30)29-21-25(22-33(42)39-29)41-16-18-44-19-17-41/h6-13,20-22,28,38H,14-19H2,1-5H3,(H,39,42). The summed E-state index contributed by atoms with van der Waals surface area (Å²) in [6.07, 6.45) is 0.310. The summed E-state index contributed by atoms with van der Waals surface area (Å²) in [5.74, 6) is 0. The number of ether oxygens (including phenoxy) is 2. The molecular formula is C36H41N5O4S2. The highest BCUT2D eigenvalue weighted by molar-refractivity contribution is 8.05. The summed E-state index contributed by atoms with van der Waals surface area (Å²) >= 11 is 3.45. The van der Waals surface area contributed by atoms with Crippen molar-refractivity contribution in [1.82, 2.24) is 14.9 Å². The SMILES string of the molecule is Cc1cccc(C(CCN(C)C(=O)OC(C)(C)C)Nc2ccc3c(c2)Sc2cccc(-c4cc(N5CCOCC5)cc(=O)[nH]4)c2S3)n1. The van der Waals surface area contributed by atoms with Gasteiger partial charge in [-0.2, -0.15) is 0 Å². The van der Waals surface area contributed by atoms with Crippen molar-refractivity contribution in [3.8, 4) is 11.3 Å². The van der Waals surface area contributed by atoms with E-state index in [2.05, 4.69) is 57.7 Å². The molecule has 2 aliphatic rings. The number of hydrogen-bond donors (Lipinski definition) is 2. The minimum atomic E-state index is -0.552. The van der Waals surface area contributed by atoms with E-state index in [0.717, 1.165) is 66.7 Å². The van der Waals surface area contributed by atoms with Crippen molar-refractivity contribution < 1.29 is 14.3 Å². The van der Waals surface area contributed by atoms with Crippen molar-refractivity contribution in [3.05, 3.63) is 88.5 Å². The van der Waals surface area contributed by atoms with E-state index in [1.54, 1.807) is 41.5 Å². The molecule has 2 N–H and O–H groups in total. The van der Waals surface area contributed by atoms with Gasteiger partial charge in [0.05, 0.1) is 30.6 Å². The van der Waals surface area contributed by atoms with E-state index < -0.39 is 5.60 Å². The maximum Gasteiger partial charge on any atom is 0.410 e. The highest BCUT2D eigenvalue weighted by Crippen LogP contribution is 2.52. The molecule has 4 heterocycles. The number of benzene rings is 2. The van der Waals surface area contributed by atoms with E-state index in [4.69, 9.17) is 14.5 Å². The van der Waals surface area contributed by atoms with Crippen LogP contribution in [0.3, 0.4) is 0 Å². The number of amides is 1. The molecule has 2 aromatic heterocycles. The molecule has 1 fully saturated rings. The number of H-pyrrole nitrogens is 1. The third-order valence-corrected chi connectivity index (χ3v) is 10.5. The van der Waals surface area contributed by atoms with Crippen molar-refractivity contribution in [3.63, 3.8) is 0 Å². The zero-order chi connectivity index (χ0) is 33.1. The Morgan fingerprint density at radius 2 is 1.83 bits per heavy atom. The average Bonchev–Trinajstić information content (AvgIpc) is 3.04. The van der Waals surface area contributed by atoms with Gasteiger partial charge in [-0.3, -0.25) is 9.78 Å². The number of morpholine rings is 1. The summed E-state index contributed by atoms with van der Waals surface area (Å²) < 4.78 is 11.1. The van der Waals surface area contributed by atoms with Gasteiger partial charge >= 0.3 is 6.09 Å². The zero-order valence-corrected chi connectivity index (χ0v) is 29.1. The Morgan fingerprint density at radius 3 is 2.60 bits per heavy atom. The van der Waals surface area contributed by atoms with Gasteiger partial charge in [0.2, 0.25) is 5.56 Å². The predicted octanol–water partition coefficient (Wildman–Crippen LogP) is 7.61. The van der Waals surface area contributed by atoms with Gasteiger partial charge in [0.25, 0.3) is 0 Å². The number of nitrogens with one attached hydrogen (secondary N) is 2. The number of aryl methyl sites for hydroxylation is 1. The molecule has 2 aromatic carbocycles. The van der Waals surface area contributed by atoms with Crippen LogP contribution in [0.2, 0.25) is 0 Å². The minimum Gasteiger partial charge on any atom is -0.444 e. The van der Waals surface area contributed by atoms with Crippen LogP contribution in [0.4, 0.5) is 16.2 Å². The third-order valence-electron chi connectivity index (χ3n) is 7.92. The fourth-order valence-corrected chi connectivity index (χ4v) is 8.00. The van der Waals surface area contributed by atoms with E-state index in [-0.39, 0.29) is 17.7 Å². The van der Waals surface area contributed by atoms with Gasteiger partial charge in [-0.1, -0.05) is 41.7 Å². The summed E-state index contributed by atoms with van der Waals surface area (Å²) in [5.41, 5.74) is 4.93. The Hall–Kier alpha value is -3.93. The van der Waals surface area contributed by atoms with Gasteiger partial charge in [-0.15, -0.1) is 0 Å². The molecule has 1 unspecified atom stereocenters. The van der Waals surface area contributed by atoms with Crippen LogP contribution in [-0.4, -0.2) is 66.5 Å². The maximum atomic E-state index is 12.7. The number of nitrogens with zero attached hydrogens (tertiary/aromatic N) is 3. The summed E-state index contributed by atoms with van der Waals surface area (Å²) in [4.78, 5) is 41.7. The summed E-state index contributed by atoms with van der Waals surface area (Å²) in [6.45, 7) is 11.0. The molecule has 0 bridgehead atoms. The van der Waals surface area contributed by atoms with E-state index in [1.165, 1.54) is 0 Å². The summed E-state index contributed by atoms with van der Waals surface area (Å²) in [7, 11) is 1.77. The molecule has 9 nitrogen and oxygen atoms in total. The fourth-order valence-electron chi connectivity index (χ4n) is 5.59. The third kappa shape index (κ3) is 8.14. The molecule has 2 aliphatic heterocycles. The number of aromatic amines is 1. The topological polar surface area (TPSA) is 99.8 Å². The molecule has 6 rings (SSSR count). The van der Waals surface area contributed by atoms with Gasteiger partial charge in [-0.05, 0) is 76.6 Å². The Morgan fingerprint density at radius 1 is 1.04 bits per heavy atom. The Kier molecular flexibility index (Phi) is 9.86. The Bertz CT molecular complexity index is 1820. The molecule has 0 spiro atoms. The van der Waals surface area contributed by atoms with Crippen molar-refractivity contribution in [1.29, 1.82) is 0 Å². The van der Waals surface area contributed by atoms with Crippen molar-refractivity contribution in [2.24, 2.45) is 0 Å². The number of aromatic nitrogens is 2. The van der Waals surface area contributed by atoms with Crippen LogP contribution in [0, 0.1) is 6.92 Å². The predicted molar refractivity (Wildman–Crippen MR) is 189 cm³/mol. The van der Waals surface area contributed by atoms with Crippen molar-refractivity contribution in [2.45, 2.75) is 65.3 Å². The first-order valence-corrected chi connectivity index (χ1v) is 17.5. The van der Waals surface area contributed by atoms with Gasteiger partial charge in [0.1, 0.15) is 5.60 Å². The largest absolute Gasteiger partial charge is 0.444 e. The number of anilines is 2. The monoisotopic (exact) mass is 671 g/mol. The average molecular weight is 672 g/mol. The first-order chi connectivity index (χ1) is 22.5. The second-order valence-electron chi connectivity index (χ2n) is 12.8. The van der Waals surface area contributed by atoms with E-state index in [0.29, 0.717) is 26.2 Å². The molecule has 0 saturated carbocycles. The van der Waals surface area contributed by atoms with Crippen LogP contribution in [0.25, 0.3) is 11.3 Å². The molecule has 4 aromatic rings. The number of carbonyl (C=O) groups is 1. The van der Waals surface area contributed by atoms with Crippen LogP contribution in [-0.2, 0) is 9.47 Å². The molecule has 1 saturated heterocycles. The number of fused-ring (bicyclic) bond motifs is 2. The van der Waals surface area contributed by atoms with Gasteiger partial charge in [0, 0.05) is 75.0 Å². The zero-order valence-electron chi connectivity index (χ0n) is 27.5. The lowest BCUT2D eigenvalue weighted by Gasteiger charge is -2.29. The van der Waals surface area contributed by atoms with Crippen LogP contribution < -0.4 is 15.8 Å². The molecule has 47 heavy (non-hydrogen) atoms. The second-order valence-corrected chi connectivity index (χ2v) is 14.9. The van der Waals surface area contributed by atoms with Crippen molar-refractivity contribution >= 4 is 41.0 Å². The first kappa shape index (κ1) is 33.0. The van der Waals surface area contributed by atoms with Crippen molar-refractivity contribution in [2.75, 3.05) is 50.1 Å². The lowest BCUT2D eigenvalue weighted by atomic mass is 10.1. The number of rotatable bonds is 8. The molecule has 246 valence electrons. The minimum absolute atomic E-state index is 0.110. The van der Waals surface area contributed by atoms with Crippen LogP contribution >= 0.6 is 23.5 Å². The Balaban J connectivity index is 1.22. The maximum absolute atomic E-state index is 12.7. The van der Waals surface area contributed by atoms with E-state index in [9.17, 15) is 9.59 Å². The lowest BCUT2D eigenvalue weighted by Crippen LogP contribution is -2.36. The molecular weight excluding hydrogens is 631 g/mol. The quantitative estimate of drug-likeness (QED) is 0.173. The summed E-state index contributed by atoms with van der Waals surface area (Å²) in [5, 5.41) is 3.70. The van der Waals surface area contributed by atoms with Gasteiger partial charge in [-0.25, -0.2) is 4.79 Å². The van der Waals surface area contributed by atoms with Gasteiger partial charge < -0.3 is 29.6 Å². The highest BCUT2D eigenvalue weighted by Gasteiger charge is 2.24. The first-order valence-electron chi connectivity index (χ1n) is 15.9. The molecule has 0 radical (unpaired) electrons. The fraction of sp³-hybridized carbons (Fsp3) is 0.361. The molecule has 11 heteroatoms. The smallest absolute Gasteiger partial charge is 0.410 e. The summed E-state index contributed by atoms with van der Waals surface area (Å²) in [6, 6.07) is 22.4. The van der Waals surface area contributed by atoms with Gasteiger partial charge in [0.15, 0.2) is 0 Å². The highest BCUT2D eigenvalue weighted by atomic mass is 32.2. The lowest BCUT2D eigenvalue weighted by molar-refractivity contribution is 0.0295. The molecule has 1 atom stereocenters. The van der Waals surface area contributed by atoms with Crippen LogP contribution in [0.1, 0.15) is 44.6 Å². The second kappa shape index (κ2) is 14.0. The number of pyridine rings is 2. The van der Waals surface area contributed by atoms with E-state index in [1.807, 2.05) is 45.9 Å². The number of carbonyl (C=O) groups excluding carboxylic acids is 1. The van der Waals surface area contributed by atoms with E-state index >= 15 is 0 Å². The molecule has 0 aliphatic carbocycles.